The van der Waals surface area contributed by atoms with Gasteiger partial charge in [-0.3, -0.25) is 0 Å². The summed E-state index contributed by atoms with van der Waals surface area (Å²) in [6.45, 7) is 6.64. The van der Waals surface area contributed by atoms with Gasteiger partial charge in [0.05, 0.1) is 4.90 Å². The molecule has 1 fully saturated rings. The largest absolute Gasteiger partial charge is 0.302 e. The van der Waals surface area contributed by atoms with E-state index in [1.165, 1.54) is 12.8 Å². The molecule has 0 spiro atoms. The summed E-state index contributed by atoms with van der Waals surface area (Å²) in [5.41, 5.74) is 0.758. The lowest BCUT2D eigenvalue weighted by molar-refractivity contribution is 0.312. The van der Waals surface area contributed by atoms with Crippen molar-refractivity contribution in [1.82, 2.24) is 9.62 Å². The third-order valence-corrected chi connectivity index (χ3v) is 5.75. The summed E-state index contributed by atoms with van der Waals surface area (Å²) in [5.74, 6) is 0. The second kappa shape index (κ2) is 6.56. The quantitative estimate of drug-likeness (QED) is 0.877. The predicted octanol–water partition coefficient (Wildman–Crippen LogP) is 2.52. The van der Waals surface area contributed by atoms with Crippen molar-refractivity contribution in [3.63, 3.8) is 0 Å². The molecule has 0 bridgehead atoms. The SMILES string of the molecule is Cc1ccc(Br)cc1S(=O)(=O)NC(C)CN1CCCC1. The van der Waals surface area contributed by atoms with Gasteiger partial charge in [0, 0.05) is 17.1 Å². The molecule has 0 aromatic heterocycles. The summed E-state index contributed by atoms with van der Waals surface area (Å²) in [7, 11) is -3.46. The number of rotatable bonds is 5. The Morgan fingerprint density at radius 2 is 2.00 bits per heavy atom. The van der Waals surface area contributed by atoms with Gasteiger partial charge >= 0.3 is 0 Å². The van der Waals surface area contributed by atoms with Crippen molar-refractivity contribution in [1.29, 1.82) is 0 Å². The number of likely N-dealkylation sites (tertiary alicyclic amines) is 1. The third kappa shape index (κ3) is 4.04. The zero-order valence-electron chi connectivity index (χ0n) is 11.9. The molecule has 112 valence electrons. The van der Waals surface area contributed by atoms with Gasteiger partial charge in [-0.2, -0.15) is 0 Å². The van der Waals surface area contributed by atoms with Gasteiger partial charge in [0.2, 0.25) is 10.0 Å². The zero-order valence-corrected chi connectivity index (χ0v) is 14.3. The fraction of sp³-hybridized carbons (Fsp3) is 0.571. The molecule has 1 aromatic carbocycles. The number of hydrogen-bond donors (Lipinski definition) is 1. The standard InChI is InChI=1S/C14H21BrN2O2S/c1-11-5-6-13(15)9-14(11)20(18,19)16-12(2)10-17-7-3-4-8-17/h5-6,9,12,16H,3-4,7-8,10H2,1-2H3. The number of halogens is 1. The molecule has 1 saturated heterocycles. The molecule has 0 aliphatic carbocycles. The van der Waals surface area contributed by atoms with E-state index in [-0.39, 0.29) is 6.04 Å². The first-order valence-corrected chi connectivity index (χ1v) is 9.17. The summed E-state index contributed by atoms with van der Waals surface area (Å²) in [4.78, 5) is 2.65. The molecule has 0 amide bonds. The van der Waals surface area contributed by atoms with E-state index in [2.05, 4.69) is 25.6 Å². The Balaban J connectivity index is 2.08. The molecule has 1 atom stereocenters. The average molecular weight is 361 g/mol. The van der Waals surface area contributed by atoms with Crippen molar-refractivity contribution >= 4 is 26.0 Å². The van der Waals surface area contributed by atoms with Gasteiger partial charge in [-0.15, -0.1) is 0 Å². The smallest absolute Gasteiger partial charge is 0.241 e. The summed E-state index contributed by atoms with van der Waals surface area (Å²) in [6, 6.07) is 5.22. The molecule has 6 heteroatoms. The molecule has 1 aliphatic rings. The molecular formula is C14H21BrN2O2S. The third-order valence-electron chi connectivity index (χ3n) is 3.53. The molecule has 1 heterocycles. The number of hydrogen-bond acceptors (Lipinski definition) is 3. The van der Waals surface area contributed by atoms with Crippen LogP contribution in [0, 0.1) is 6.92 Å². The molecule has 1 unspecified atom stereocenters. The van der Waals surface area contributed by atoms with Crippen LogP contribution < -0.4 is 4.72 Å². The highest BCUT2D eigenvalue weighted by atomic mass is 79.9. The van der Waals surface area contributed by atoms with Crippen LogP contribution in [0.5, 0.6) is 0 Å². The van der Waals surface area contributed by atoms with Gasteiger partial charge in [-0.1, -0.05) is 22.0 Å². The molecule has 1 aromatic rings. The highest BCUT2D eigenvalue weighted by Gasteiger charge is 2.22. The normalized spacial score (nSPS) is 18.4. The topological polar surface area (TPSA) is 49.4 Å². The minimum Gasteiger partial charge on any atom is -0.302 e. The number of aryl methyl sites for hydroxylation is 1. The number of nitrogens with zero attached hydrogens (tertiary/aromatic N) is 1. The Hall–Kier alpha value is -0.430. The van der Waals surface area contributed by atoms with Crippen molar-refractivity contribution in [2.24, 2.45) is 0 Å². The molecule has 1 N–H and O–H groups in total. The number of sulfonamides is 1. The first-order valence-electron chi connectivity index (χ1n) is 6.89. The summed E-state index contributed by atoms with van der Waals surface area (Å²) < 4.78 is 28.4. The lowest BCUT2D eigenvalue weighted by Crippen LogP contribution is -2.41. The van der Waals surface area contributed by atoms with Crippen LogP contribution in [0.2, 0.25) is 0 Å². The van der Waals surface area contributed by atoms with E-state index >= 15 is 0 Å². The van der Waals surface area contributed by atoms with Crippen LogP contribution in [0.15, 0.2) is 27.6 Å². The summed E-state index contributed by atoms with van der Waals surface area (Å²) in [6.07, 6.45) is 2.43. The van der Waals surface area contributed by atoms with Crippen molar-refractivity contribution < 1.29 is 8.42 Å². The van der Waals surface area contributed by atoms with Crippen LogP contribution in [0.1, 0.15) is 25.3 Å². The Morgan fingerprint density at radius 3 is 2.65 bits per heavy atom. The van der Waals surface area contributed by atoms with E-state index in [1.807, 2.05) is 26.0 Å². The van der Waals surface area contributed by atoms with Crippen LogP contribution in [-0.4, -0.2) is 39.0 Å². The maximum Gasteiger partial charge on any atom is 0.241 e. The first-order chi connectivity index (χ1) is 9.38. The minimum absolute atomic E-state index is 0.0866. The van der Waals surface area contributed by atoms with Gasteiger partial charge in [-0.05, 0) is 57.5 Å². The summed E-state index contributed by atoms with van der Waals surface area (Å²) in [5, 5.41) is 0. The minimum atomic E-state index is -3.46. The van der Waals surface area contributed by atoms with Gasteiger partial charge in [0.1, 0.15) is 0 Å². The van der Waals surface area contributed by atoms with Crippen LogP contribution in [0.3, 0.4) is 0 Å². The van der Waals surface area contributed by atoms with Crippen molar-refractivity contribution in [3.05, 3.63) is 28.2 Å². The van der Waals surface area contributed by atoms with Gasteiger partial charge in [-0.25, -0.2) is 13.1 Å². The van der Waals surface area contributed by atoms with Gasteiger partial charge in [0.25, 0.3) is 0 Å². The van der Waals surface area contributed by atoms with Gasteiger partial charge < -0.3 is 4.90 Å². The van der Waals surface area contributed by atoms with E-state index in [1.54, 1.807) is 6.07 Å². The lowest BCUT2D eigenvalue weighted by atomic mass is 10.2. The maximum atomic E-state index is 12.4. The van der Waals surface area contributed by atoms with Crippen LogP contribution >= 0.6 is 15.9 Å². The second-order valence-corrected chi connectivity index (χ2v) is 8.04. The Kier molecular flexibility index (Phi) is 5.23. The molecule has 2 rings (SSSR count). The lowest BCUT2D eigenvalue weighted by Gasteiger charge is -2.21. The highest BCUT2D eigenvalue weighted by molar-refractivity contribution is 9.10. The van der Waals surface area contributed by atoms with Gasteiger partial charge in [0.15, 0.2) is 0 Å². The second-order valence-electron chi connectivity index (χ2n) is 5.44. The van der Waals surface area contributed by atoms with Crippen LogP contribution in [0.25, 0.3) is 0 Å². The highest BCUT2D eigenvalue weighted by Crippen LogP contribution is 2.20. The monoisotopic (exact) mass is 360 g/mol. The number of benzene rings is 1. The molecule has 0 radical (unpaired) electrons. The van der Waals surface area contributed by atoms with E-state index < -0.39 is 10.0 Å². The molecule has 0 saturated carbocycles. The van der Waals surface area contributed by atoms with Crippen LogP contribution in [-0.2, 0) is 10.0 Å². The molecule has 20 heavy (non-hydrogen) atoms. The van der Waals surface area contributed by atoms with Crippen molar-refractivity contribution in [2.75, 3.05) is 19.6 Å². The van der Waals surface area contributed by atoms with Crippen molar-refractivity contribution in [2.45, 2.75) is 37.6 Å². The maximum absolute atomic E-state index is 12.4. The van der Waals surface area contributed by atoms with E-state index in [9.17, 15) is 8.42 Å². The molecule has 1 aliphatic heterocycles. The number of nitrogens with one attached hydrogen (secondary N) is 1. The Labute approximate surface area is 129 Å². The Bertz CT molecular complexity index is 569. The predicted molar refractivity (Wildman–Crippen MR) is 84.3 cm³/mol. The van der Waals surface area contributed by atoms with Crippen molar-refractivity contribution in [3.8, 4) is 0 Å². The van der Waals surface area contributed by atoms with E-state index in [0.717, 1.165) is 29.7 Å². The average Bonchev–Trinajstić information content (AvgIpc) is 2.84. The first kappa shape index (κ1) is 15.9. The molecular weight excluding hydrogens is 340 g/mol. The Morgan fingerprint density at radius 1 is 1.35 bits per heavy atom. The van der Waals surface area contributed by atoms with Crippen LogP contribution in [0.4, 0.5) is 0 Å². The fourth-order valence-electron chi connectivity index (χ4n) is 2.58. The van der Waals surface area contributed by atoms with E-state index in [4.69, 9.17) is 0 Å². The molecule has 4 nitrogen and oxygen atoms in total. The summed E-state index contributed by atoms with van der Waals surface area (Å²) >= 11 is 3.33. The fourth-order valence-corrected chi connectivity index (χ4v) is 4.60. The van der Waals surface area contributed by atoms with E-state index in [0.29, 0.717) is 4.90 Å². The zero-order chi connectivity index (χ0) is 14.8.